The summed E-state index contributed by atoms with van der Waals surface area (Å²) in [7, 11) is -3.28. The van der Waals surface area contributed by atoms with Crippen LogP contribution in [0.3, 0.4) is 0 Å². The summed E-state index contributed by atoms with van der Waals surface area (Å²) >= 11 is 0. The number of rotatable bonds is 4. The van der Waals surface area contributed by atoms with E-state index in [9.17, 15) is 8.42 Å². The molecule has 0 spiro atoms. The van der Waals surface area contributed by atoms with Gasteiger partial charge in [-0.3, -0.25) is 0 Å². The second-order valence-electron chi connectivity index (χ2n) is 4.60. The van der Waals surface area contributed by atoms with Crippen LogP contribution >= 0.6 is 0 Å². The van der Waals surface area contributed by atoms with Crippen molar-refractivity contribution in [2.75, 3.05) is 6.54 Å². The van der Waals surface area contributed by atoms with Gasteiger partial charge in [0.05, 0.1) is 0 Å². The topological polar surface area (TPSA) is 70.2 Å². The summed E-state index contributed by atoms with van der Waals surface area (Å²) in [5.74, 6) is 0. The molecule has 2 fully saturated rings. The highest BCUT2D eigenvalue weighted by Crippen LogP contribution is 2.19. The number of hydrogen-bond donors (Lipinski definition) is 3. The molecule has 2 atom stereocenters. The first-order valence-electron chi connectivity index (χ1n) is 5.58. The van der Waals surface area contributed by atoms with Crippen LogP contribution in [0.2, 0.25) is 0 Å². The van der Waals surface area contributed by atoms with Crippen LogP contribution in [0.5, 0.6) is 0 Å². The van der Waals surface area contributed by atoms with E-state index in [2.05, 4.69) is 21.7 Å². The monoisotopic (exact) mass is 233 g/mol. The summed E-state index contributed by atoms with van der Waals surface area (Å²) in [6.07, 6.45) is 3.89. The summed E-state index contributed by atoms with van der Waals surface area (Å²) in [4.78, 5) is 0. The lowest BCUT2D eigenvalue weighted by Gasteiger charge is -2.28. The molecule has 3 N–H and O–H groups in total. The molecule has 15 heavy (non-hydrogen) atoms. The van der Waals surface area contributed by atoms with E-state index >= 15 is 0 Å². The van der Waals surface area contributed by atoms with E-state index in [0.29, 0.717) is 6.04 Å². The van der Waals surface area contributed by atoms with Crippen molar-refractivity contribution in [3.8, 4) is 0 Å². The molecule has 2 rings (SSSR count). The minimum absolute atomic E-state index is 0.0393. The highest BCUT2D eigenvalue weighted by molar-refractivity contribution is 7.87. The maximum absolute atomic E-state index is 11.6. The molecule has 6 heteroatoms. The molecule has 88 valence electrons. The molecule has 0 amide bonds. The van der Waals surface area contributed by atoms with Crippen molar-refractivity contribution in [2.24, 2.45) is 0 Å². The van der Waals surface area contributed by atoms with Gasteiger partial charge < -0.3 is 5.32 Å². The molecule has 2 aliphatic rings. The van der Waals surface area contributed by atoms with E-state index in [1.807, 2.05) is 0 Å². The Labute approximate surface area is 91.2 Å². The van der Waals surface area contributed by atoms with Crippen LogP contribution in [0.1, 0.15) is 32.6 Å². The highest BCUT2D eigenvalue weighted by atomic mass is 32.2. The van der Waals surface area contributed by atoms with E-state index in [1.54, 1.807) is 0 Å². The molecule has 1 aliphatic carbocycles. The predicted octanol–water partition coefficient (Wildman–Crippen LogP) is -0.287. The zero-order valence-electron chi connectivity index (χ0n) is 8.99. The van der Waals surface area contributed by atoms with E-state index < -0.39 is 10.2 Å². The first-order chi connectivity index (χ1) is 7.05. The van der Waals surface area contributed by atoms with Crippen LogP contribution in [0.4, 0.5) is 0 Å². The summed E-state index contributed by atoms with van der Waals surface area (Å²) < 4.78 is 28.5. The third-order valence-corrected chi connectivity index (χ3v) is 4.17. The van der Waals surface area contributed by atoms with Crippen molar-refractivity contribution >= 4 is 10.2 Å². The fourth-order valence-electron chi connectivity index (χ4n) is 1.77. The summed E-state index contributed by atoms with van der Waals surface area (Å²) in [6.45, 7) is 2.85. The SMILES string of the molecule is CC1CCC(NS(=O)(=O)NC2CC2)CN1. The number of hydrogen-bond acceptors (Lipinski definition) is 3. The molecule has 0 aromatic carbocycles. The number of nitrogens with one attached hydrogen (secondary N) is 3. The third kappa shape index (κ3) is 3.71. The van der Waals surface area contributed by atoms with Crippen LogP contribution in [-0.4, -0.2) is 33.1 Å². The molecule has 0 bridgehead atoms. The van der Waals surface area contributed by atoms with E-state index in [-0.39, 0.29) is 12.1 Å². The molecule has 5 nitrogen and oxygen atoms in total. The zero-order valence-corrected chi connectivity index (χ0v) is 9.81. The summed E-state index contributed by atoms with van der Waals surface area (Å²) in [5.41, 5.74) is 0. The summed E-state index contributed by atoms with van der Waals surface area (Å²) in [5, 5.41) is 3.27. The van der Waals surface area contributed by atoms with Crippen LogP contribution in [0.25, 0.3) is 0 Å². The molecule has 1 aliphatic heterocycles. The minimum Gasteiger partial charge on any atom is -0.313 e. The van der Waals surface area contributed by atoms with Crippen LogP contribution in [0.15, 0.2) is 0 Å². The van der Waals surface area contributed by atoms with Crippen molar-refractivity contribution in [3.63, 3.8) is 0 Å². The Morgan fingerprint density at radius 1 is 1.07 bits per heavy atom. The van der Waals surface area contributed by atoms with Gasteiger partial charge >= 0.3 is 0 Å². The molecule has 2 unspecified atom stereocenters. The average Bonchev–Trinajstić information content (AvgIpc) is 2.91. The van der Waals surface area contributed by atoms with Crippen molar-refractivity contribution < 1.29 is 8.42 Å². The van der Waals surface area contributed by atoms with Gasteiger partial charge in [0, 0.05) is 24.7 Å². The second kappa shape index (κ2) is 4.37. The first kappa shape index (κ1) is 11.3. The van der Waals surface area contributed by atoms with Crippen LogP contribution < -0.4 is 14.8 Å². The standard InChI is InChI=1S/C9H19N3O2S/c1-7-2-3-9(6-10-7)12-15(13,14)11-8-4-5-8/h7-12H,2-6H2,1H3. The lowest BCUT2D eigenvalue weighted by atomic mass is 10.0. The van der Waals surface area contributed by atoms with Gasteiger partial charge in [0.15, 0.2) is 0 Å². The number of piperidine rings is 1. The van der Waals surface area contributed by atoms with Crippen LogP contribution in [-0.2, 0) is 10.2 Å². The molecule has 0 aromatic rings. The van der Waals surface area contributed by atoms with E-state index in [0.717, 1.165) is 32.2 Å². The Morgan fingerprint density at radius 3 is 2.20 bits per heavy atom. The van der Waals surface area contributed by atoms with Crippen molar-refractivity contribution in [3.05, 3.63) is 0 Å². The molecule has 1 heterocycles. The Kier molecular flexibility index (Phi) is 3.30. The Bertz CT molecular complexity index is 305. The van der Waals surface area contributed by atoms with E-state index in [1.165, 1.54) is 0 Å². The largest absolute Gasteiger partial charge is 0.313 e. The Hall–Kier alpha value is -0.170. The van der Waals surface area contributed by atoms with Crippen molar-refractivity contribution in [1.29, 1.82) is 0 Å². The highest BCUT2D eigenvalue weighted by Gasteiger charge is 2.29. The molecule has 1 saturated carbocycles. The Balaban J connectivity index is 1.79. The molecule has 0 radical (unpaired) electrons. The lowest BCUT2D eigenvalue weighted by molar-refractivity contribution is 0.365. The van der Waals surface area contributed by atoms with Gasteiger partial charge in [-0.2, -0.15) is 17.9 Å². The predicted molar refractivity (Wildman–Crippen MR) is 58.7 cm³/mol. The van der Waals surface area contributed by atoms with Crippen molar-refractivity contribution in [1.82, 2.24) is 14.8 Å². The molecule has 1 saturated heterocycles. The lowest BCUT2D eigenvalue weighted by Crippen LogP contribution is -2.51. The zero-order chi connectivity index (χ0) is 10.9. The van der Waals surface area contributed by atoms with Crippen LogP contribution in [0, 0.1) is 0 Å². The maximum Gasteiger partial charge on any atom is 0.277 e. The third-order valence-electron chi connectivity index (χ3n) is 2.88. The average molecular weight is 233 g/mol. The normalized spacial score (nSPS) is 32.9. The van der Waals surface area contributed by atoms with Gasteiger partial charge in [-0.15, -0.1) is 0 Å². The van der Waals surface area contributed by atoms with Gasteiger partial charge in [-0.1, -0.05) is 0 Å². The second-order valence-corrected chi connectivity index (χ2v) is 6.08. The Morgan fingerprint density at radius 2 is 1.67 bits per heavy atom. The van der Waals surface area contributed by atoms with Gasteiger partial charge in [0.1, 0.15) is 0 Å². The smallest absolute Gasteiger partial charge is 0.277 e. The van der Waals surface area contributed by atoms with Gasteiger partial charge in [0.25, 0.3) is 10.2 Å². The first-order valence-corrected chi connectivity index (χ1v) is 7.06. The molecular formula is C9H19N3O2S. The van der Waals surface area contributed by atoms with Gasteiger partial charge in [-0.25, -0.2) is 0 Å². The fraction of sp³-hybridized carbons (Fsp3) is 1.00. The van der Waals surface area contributed by atoms with Gasteiger partial charge in [0.2, 0.25) is 0 Å². The fourth-order valence-corrected chi connectivity index (χ4v) is 3.16. The van der Waals surface area contributed by atoms with Crippen molar-refractivity contribution in [2.45, 2.75) is 50.7 Å². The van der Waals surface area contributed by atoms with E-state index in [4.69, 9.17) is 0 Å². The van der Waals surface area contributed by atoms with Gasteiger partial charge in [-0.05, 0) is 32.6 Å². The summed E-state index contributed by atoms with van der Waals surface area (Å²) in [6, 6.07) is 0.720. The molecular weight excluding hydrogens is 214 g/mol. The quantitative estimate of drug-likeness (QED) is 0.625. The molecule has 0 aromatic heterocycles. The minimum atomic E-state index is -3.28. The maximum atomic E-state index is 11.6.